The summed E-state index contributed by atoms with van der Waals surface area (Å²) in [4.78, 5) is 47.7. The minimum Gasteiger partial charge on any atom is -0.462 e. The number of carbonyl (C=O) groups is 4. The van der Waals surface area contributed by atoms with Crippen molar-refractivity contribution in [1.82, 2.24) is 0 Å². The van der Waals surface area contributed by atoms with Gasteiger partial charge in [0.1, 0.15) is 0 Å². The smallest absolute Gasteiger partial charge is 0.338 e. The summed E-state index contributed by atoms with van der Waals surface area (Å²) in [6.45, 7) is 5.78. The fraction of sp³-hybridized carbons (Fsp3) is 0.360. The average Bonchev–Trinajstić information content (AvgIpc) is 2.76. The number of carbonyl (C=O) groups excluding carboxylic acids is 4. The van der Waals surface area contributed by atoms with Crippen LogP contribution in [0.4, 0.5) is 11.4 Å². The van der Waals surface area contributed by atoms with E-state index in [1.165, 1.54) is 0 Å². The highest BCUT2D eigenvalue weighted by Gasteiger charge is 2.11. The molecule has 8 nitrogen and oxygen atoms in total. The van der Waals surface area contributed by atoms with E-state index in [2.05, 4.69) is 10.6 Å². The predicted octanol–water partition coefficient (Wildman–Crippen LogP) is 4.10. The van der Waals surface area contributed by atoms with Crippen molar-refractivity contribution in [3.05, 3.63) is 59.7 Å². The SMILES string of the molecule is Cc1cccc(NC(=O)COC(=O)CCCC(=O)Nc2ccc(C(=O)OCC(C)C)cc2)c1. The molecule has 2 N–H and O–H groups in total. The molecule has 0 saturated heterocycles. The molecule has 176 valence electrons. The zero-order valence-electron chi connectivity index (χ0n) is 19.2. The predicted molar refractivity (Wildman–Crippen MR) is 125 cm³/mol. The molecule has 0 bridgehead atoms. The topological polar surface area (TPSA) is 111 Å². The molecule has 0 aliphatic rings. The molecule has 0 fully saturated rings. The van der Waals surface area contributed by atoms with Crippen molar-refractivity contribution < 1.29 is 28.7 Å². The van der Waals surface area contributed by atoms with Crippen molar-refractivity contribution in [1.29, 1.82) is 0 Å². The number of amides is 2. The second-order valence-electron chi connectivity index (χ2n) is 8.05. The fourth-order valence-electron chi connectivity index (χ4n) is 2.77. The number of aryl methyl sites for hydroxylation is 1. The zero-order valence-corrected chi connectivity index (χ0v) is 19.2. The van der Waals surface area contributed by atoms with E-state index in [1.807, 2.05) is 39.0 Å². The quantitative estimate of drug-likeness (QED) is 0.495. The molecule has 0 spiro atoms. The van der Waals surface area contributed by atoms with Crippen molar-refractivity contribution in [2.24, 2.45) is 5.92 Å². The molecule has 8 heteroatoms. The maximum atomic E-state index is 12.1. The highest BCUT2D eigenvalue weighted by molar-refractivity contribution is 5.94. The molecule has 33 heavy (non-hydrogen) atoms. The van der Waals surface area contributed by atoms with Gasteiger partial charge in [0.15, 0.2) is 6.61 Å². The van der Waals surface area contributed by atoms with Gasteiger partial charge in [-0.3, -0.25) is 14.4 Å². The minimum absolute atomic E-state index is 0.0196. The van der Waals surface area contributed by atoms with Crippen LogP contribution in [0.5, 0.6) is 0 Å². The van der Waals surface area contributed by atoms with Gasteiger partial charge in [-0.15, -0.1) is 0 Å². The van der Waals surface area contributed by atoms with Gasteiger partial charge in [-0.1, -0.05) is 26.0 Å². The van der Waals surface area contributed by atoms with Gasteiger partial charge in [0.05, 0.1) is 12.2 Å². The summed E-state index contributed by atoms with van der Waals surface area (Å²) in [6.07, 6.45) is 0.415. The van der Waals surface area contributed by atoms with E-state index in [9.17, 15) is 19.2 Å². The third-order valence-corrected chi connectivity index (χ3v) is 4.40. The van der Waals surface area contributed by atoms with Crippen LogP contribution in [0.25, 0.3) is 0 Å². The second-order valence-corrected chi connectivity index (χ2v) is 8.05. The molecule has 0 radical (unpaired) electrons. The van der Waals surface area contributed by atoms with E-state index in [4.69, 9.17) is 9.47 Å². The van der Waals surface area contributed by atoms with Crippen LogP contribution in [0.1, 0.15) is 49.0 Å². The number of hydrogen-bond donors (Lipinski definition) is 2. The van der Waals surface area contributed by atoms with Crippen molar-refractivity contribution in [2.45, 2.75) is 40.0 Å². The zero-order chi connectivity index (χ0) is 24.2. The lowest BCUT2D eigenvalue weighted by molar-refractivity contribution is -0.147. The first-order chi connectivity index (χ1) is 15.7. The third-order valence-electron chi connectivity index (χ3n) is 4.40. The van der Waals surface area contributed by atoms with Gasteiger partial charge in [0.2, 0.25) is 5.91 Å². The second kappa shape index (κ2) is 13.0. The Kier molecular flexibility index (Phi) is 10.1. The Morgan fingerprint density at radius 2 is 1.55 bits per heavy atom. The van der Waals surface area contributed by atoms with Crippen LogP contribution in [0.3, 0.4) is 0 Å². The Morgan fingerprint density at radius 3 is 2.21 bits per heavy atom. The normalized spacial score (nSPS) is 10.4. The number of nitrogens with one attached hydrogen (secondary N) is 2. The maximum absolute atomic E-state index is 12.1. The average molecular weight is 455 g/mol. The Morgan fingerprint density at radius 1 is 0.848 bits per heavy atom. The van der Waals surface area contributed by atoms with E-state index >= 15 is 0 Å². The minimum atomic E-state index is -0.550. The monoisotopic (exact) mass is 454 g/mol. The van der Waals surface area contributed by atoms with E-state index < -0.39 is 17.8 Å². The molecule has 2 amide bonds. The van der Waals surface area contributed by atoms with Crippen molar-refractivity contribution in [2.75, 3.05) is 23.8 Å². The maximum Gasteiger partial charge on any atom is 0.338 e. The largest absolute Gasteiger partial charge is 0.462 e. The highest BCUT2D eigenvalue weighted by Crippen LogP contribution is 2.13. The Bertz CT molecular complexity index is 969. The number of benzene rings is 2. The van der Waals surface area contributed by atoms with Crippen LogP contribution in [-0.4, -0.2) is 37.0 Å². The highest BCUT2D eigenvalue weighted by atomic mass is 16.5. The first-order valence-corrected chi connectivity index (χ1v) is 10.8. The van der Waals surface area contributed by atoms with Gasteiger partial charge >= 0.3 is 11.9 Å². The van der Waals surface area contributed by atoms with Crippen LogP contribution in [0.2, 0.25) is 0 Å². The van der Waals surface area contributed by atoms with Gasteiger partial charge in [0, 0.05) is 24.2 Å². The Hall–Kier alpha value is -3.68. The first-order valence-electron chi connectivity index (χ1n) is 10.8. The van der Waals surface area contributed by atoms with Gasteiger partial charge in [-0.05, 0) is 61.2 Å². The number of anilines is 2. The van der Waals surface area contributed by atoms with E-state index in [0.29, 0.717) is 23.5 Å². The summed E-state index contributed by atoms with van der Waals surface area (Å²) in [5.74, 6) is -1.40. The number of ether oxygens (including phenoxy) is 2. The Labute approximate surface area is 193 Å². The van der Waals surface area contributed by atoms with Gasteiger partial charge < -0.3 is 20.1 Å². The first kappa shape index (κ1) is 25.6. The molecule has 2 aromatic rings. The third kappa shape index (κ3) is 9.99. The van der Waals surface area contributed by atoms with Gasteiger partial charge in [-0.2, -0.15) is 0 Å². The summed E-state index contributed by atoms with van der Waals surface area (Å²) < 4.78 is 10.1. The van der Waals surface area contributed by atoms with Crippen LogP contribution >= 0.6 is 0 Å². The van der Waals surface area contributed by atoms with E-state index in [0.717, 1.165) is 5.56 Å². The van der Waals surface area contributed by atoms with Crippen molar-refractivity contribution in [3.63, 3.8) is 0 Å². The standard InChI is InChI=1S/C25H30N2O6/c1-17(2)15-33-25(31)19-10-12-20(13-11-19)26-22(28)8-5-9-24(30)32-16-23(29)27-21-7-4-6-18(3)14-21/h4,6-7,10-14,17H,5,8-9,15-16H2,1-3H3,(H,26,28)(H,27,29). The van der Waals surface area contributed by atoms with E-state index in [1.54, 1.807) is 30.3 Å². The molecule has 2 aromatic carbocycles. The summed E-state index contributed by atoms with van der Waals surface area (Å²) in [5.41, 5.74) is 2.58. The molecule has 2 rings (SSSR count). The van der Waals surface area contributed by atoms with Crippen LogP contribution < -0.4 is 10.6 Å². The van der Waals surface area contributed by atoms with Crippen molar-refractivity contribution >= 4 is 35.1 Å². The van der Waals surface area contributed by atoms with Crippen LogP contribution in [0.15, 0.2) is 48.5 Å². The summed E-state index contributed by atoms with van der Waals surface area (Å²) >= 11 is 0. The molecule has 0 aliphatic heterocycles. The lowest BCUT2D eigenvalue weighted by Gasteiger charge is -2.09. The molecule has 0 heterocycles. The molecule has 0 unspecified atom stereocenters. The van der Waals surface area contributed by atoms with Gasteiger partial charge in [-0.25, -0.2) is 4.79 Å². The lowest BCUT2D eigenvalue weighted by atomic mass is 10.2. The fourth-order valence-corrected chi connectivity index (χ4v) is 2.77. The Balaban J connectivity index is 1.64. The van der Waals surface area contributed by atoms with Crippen molar-refractivity contribution in [3.8, 4) is 0 Å². The number of rotatable bonds is 11. The molecule has 0 atom stereocenters. The van der Waals surface area contributed by atoms with Crippen LogP contribution in [0, 0.1) is 12.8 Å². The number of esters is 2. The lowest BCUT2D eigenvalue weighted by Crippen LogP contribution is -2.21. The molecule has 0 saturated carbocycles. The van der Waals surface area contributed by atoms with E-state index in [-0.39, 0.29) is 37.7 Å². The van der Waals surface area contributed by atoms with Gasteiger partial charge in [0.25, 0.3) is 5.91 Å². The molecule has 0 aromatic heterocycles. The summed E-state index contributed by atoms with van der Waals surface area (Å²) in [7, 11) is 0. The van der Waals surface area contributed by atoms with Crippen LogP contribution in [-0.2, 0) is 23.9 Å². The molecule has 0 aliphatic carbocycles. The number of hydrogen-bond acceptors (Lipinski definition) is 6. The summed E-state index contributed by atoms with van der Waals surface area (Å²) in [5, 5.41) is 5.36. The summed E-state index contributed by atoms with van der Waals surface area (Å²) in [6, 6.07) is 13.7. The molecular weight excluding hydrogens is 424 g/mol. The molecular formula is C25H30N2O6.